The van der Waals surface area contributed by atoms with Crippen LogP contribution in [-0.2, 0) is 17.2 Å². The Morgan fingerprint density at radius 3 is 2.09 bits per heavy atom. The van der Waals surface area contributed by atoms with Gasteiger partial charge in [0.05, 0.1) is 5.60 Å². The minimum absolute atomic E-state index is 0.211. The number of fused-ring (bicyclic) bond motifs is 2. The Balaban J connectivity index is 1.50. The molecule has 0 saturated carbocycles. The van der Waals surface area contributed by atoms with E-state index in [9.17, 15) is 9.32 Å². The Labute approximate surface area is 140 Å². The van der Waals surface area contributed by atoms with E-state index >= 15 is 0 Å². The van der Waals surface area contributed by atoms with Gasteiger partial charge in [-0.3, -0.25) is 4.21 Å². The zero-order valence-corrected chi connectivity index (χ0v) is 14.0. The SMILES string of the molecule is O=S1C2CCC1CC(O)(Cc1ccc(-c3ccccc3)cc1)C2. The molecule has 2 atom stereocenters. The molecule has 120 valence electrons. The lowest BCUT2D eigenvalue weighted by Crippen LogP contribution is -2.44. The third-order valence-electron chi connectivity index (χ3n) is 5.28. The molecule has 0 aliphatic carbocycles. The molecule has 2 unspecified atom stereocenters. The molecule has 0 amide bonds. The molecule has 4 rings (SSSR count). The van der Waals surface area contributed by atoms with Gasteiger partial charge < -0.3 is 5.11 Å². The van der Waals surface area contributed by atoms with Crippen molar-refractivity contribution in [3.63, 3.8) is 0 Å². The summed E-state index contributed by atoms with van der Waals surface area (Å²) in [5, 5.41) is 11.4. The Morgan fingerprint density at radius 2 is 1.48 bits per heavy atom. The number of rotatable bonds is 3. The van der Waals surface area contributed by atoms with E-state index in [2.05, 4.69) is 36.4 Å². The van der Waals surface area contributed by atoms with Crippen LogP contribution >= 0.6 is 0 Å². The highest BCUT2D eigenvalue weighted by atomic mass is 32.2. The topological polar surface area (TPSA) is 37.3 Å². The second kappa shape index (κ2) is 5.88. The summed E-state index contributed by atoms with van der Waals surface area (Å²) >= 11 is 0. The van der Waals surface area contributed by atoms with Crippen LogP contribution in [0.4, 0.5) is 0 Å². The van der Waals surface area contributed by atoms with E-state index in [1.807, 2.05) is 18.2 Å². The minimum atomic E-state index is -0.712. The van der Waals surface area contributed by atoms with Gasteiger partial charge >= 0.3 is 0 Å². The minimum Gasteiger partial charge on any atom is -0.389 e. The number of hydrogen-bond acceptors (Lipinski definition) is 2. The maximum absolute atomic E-state index is 12.1. The van der Waals surface area contributed by atoms with Gasteiger partial charge in [-0.25, -0.2) is 0 Å². The molecule has 2 aromatic rings. The van der Waals surface area contributed by atoms with E-state index < -0.39 is 16.4 Å². The van der Waals surface area contributed by atoms with Gasteiger partial charge in [-0.05, 0) is 42.4 Å². The lowest BCUT2D eigenvalue weighted by atomic mass is 9.86. The molecule has 23 heavy (non-hydrogen) atoms. The smallest absolute Gasteiger partial charge is 0.0710 e. The quantitative estimate of drug-likeness (QED) is 0.934. The van der Waals surface area contributed by atoms with Crippen LogP contribution in [0.1, 0.15) is 31.2 Å². The van der Waals surface area contributed by atoms with Crippen molar-refractivity contribution < 1.29 is 9.32 Å². The van der Waals surface area contributed by atoms with Crippen molar-refractivity contribution in [3.05, 3.63) is 60.2 Å². The molecule has 2 aliphatic rings. The first-order valence-corrected chi connectivity index (χ1v) is 9.67. The van der Waals surface area contributed by atoms with Crippen LogP contribution in [-0.4, -0.2) is 25.4 Å². The largest absolute Gasteiger partial charge is 0.389 e. The van der Waals surface area contributed by atoms with Crippen LogP contribution in [0.5, 0.6) is 0 Å². The van der Waals surface area contributed by atoms with E-state index in [1.165, 1.54) is 16.7 Å². The predicted octanol–water partition coefficient (Wildman–Crippen LogP) is 3.70. The molecular formula is C20H22O2S. The Hall–Kier alpha value is -1.45. The van der Waals surface area contributed by atoms with Crippen LogP contribution in [0.25, 0.3) is 11.1 Å². The fourth-order valence-electron chi connectivity index (χ4n) is 4.15. The highest BCUT2D eigenvalue weighted by Crippen LogP contribution is 2.42. The van der Waals surface area contributed by atoms with Gasteiger partial charge in [0.1, 0.15) is 0 Å². The standard InChI is InChI=1S/C20H22O2S/c21-20(13-18-10-11-19(14-20)23(18)22)12-15-6-8-17(9-7-15)16-4-2-1-3-5-16/h1-9,18-19,21H,10-14H2. The van der Waals surface area contributed by atoms with Crippen LogP contribution in [0, 0.1) is 0 Å². The molecule has 1 N–H and O–H groups in total. The maximum Gasteiger partial charge on any atom is 0.0710 e. The lowest BCUT2D eigenvalue weighted by Gasteiger charge is -2.36. The van der Waals surface area contributed by atoms with Crippen molar-refractivity contribution in [2.24, 2.45) is 0 Å². The summed E-state index contributed by atoms with van der Waals surface area (Å²) < 4.78 is 12.1. The van der Waals surface area contributed by atoms with Gasteiger partial charge in [-0.2, -0.15) is 0 Å². The molecule has 2 fully saturated rings. The molecule has 0 spiro atoms. The van der Waals surface area contributed by atoms with Gasteiger partial charge in [-0.15, -0.1) is 0 Å². The van der Waals surface area contributed by atoms with Gasteiger partial charge in [0, 0.05) is 27.7 Å². The van der Waals surface area contributed by atoms with E-state index in [4.69, 9.17) is 0 Å². The van der Waals surface area contributed by atoms with E-state index in [1.54, 1.807) is 0 Å². The van der Waals surface area contributed by atoms with E-state index in [-0.39, 0.29) is 10.5 Å². The Bertz CT molecular complexity index is 692. The van der Waals surface area contributed by atoms with E-state index in [0.717, 1.165) is 12.8 Å². The monoisotopic (exact) mass is 326 g/mol. The van der Waals surface area contributed by atoms with Crippen LogP contribution in [0.15, 0.2) is 54.6 Å². The molecule has 2 heterocycles. The normalized spacial score (nSPS) is 32.8. The third kappa shape index (κ3) is 3.00. The molecule has 2 bridgehead atoms. The predicted molar refractivity (Wildman–Crippen MR) is 94.7 cm³/mol. The van der Waals surface area contributed by atoms with Crippen LogP contribution in [0.2, 0.25) is 0 Å². The Kier molecular flexibility index (Phi) is 3.86. The Morgan fingerprint density at radius 1 is 0.913 bits per heavy atom. The number of benzene rings is 2. The van der Waals surface area contributed by atoms with Gasteiger partial charge in [-0.1, -0.05) is 54.6 Å². The highest BCUT2D eigenvalue weighted by molar-refractivity contribution is 7.86. The second-order valence-corrected chi connectivity index (χ2v) is 9.01. The average Bonchev–Trinajstić information content (AvgIpc) is 2.79. The first-order chi connectivity index (χ1) is 11.1. The summed E-state index contributed by atoms with van der Waals surface area (Å²) in [5.74, 6) is 0. The van der Waals surface area contributed by atoms with Crippen molar-refractivity contribution in [2.75, 3.05) is 0 Å². The lowest BCUT2D eigenvalue weighted by molar-refractivity contribution is 0.0230. The summed E-state index contributed by atoms with van der Waals surface area (Å²) in [4.78, 5) is 0. The fourth-order valence-corrected chi connectivity index (χ4v) is 6.38. The summed E-state index contributed by atoms with van der Waals surface area (Å²) in [6.07, 6.45) is 4.10. The second-order valence-electron chi connectivity index (χ2n) is 7.02. The zero-order valence-electron chi connectivity index (χ0n) is 13.2. The molecule has 2 aliphatic heterocycles. The molecule has 3 heteroatoms. The number of aliphatic hydroxyl groups is 1. The van der Waals surface area contributed by atoms with Gasteiger partial charge in [0.2, 0.25) is 0 Å². The van der Waals surface area contributed by atoms with Crippen molar-refractivity contribution in [3.8, 4) is 11.1 Å². The van der Waals surface area contributed by atoms with Gasteiger partial charge in [0.15, 0.2) is 0 Å². The molecular weight excluding hydrogens is 304 g/mol. The summed E-state index contributed by atoms with van der Waals surface area (Å²) in [6.45, 7) is 0. The maximum atomic E-state index is 12.1. The zero-order chi connectivity index (χ0) is 15.9. The molecule has 2 aromatic carbocycles. The molecule has 0 radical (unpaired) electrons. The van der Waals surface area contributed by atoms with Crippen LogP contribution in [0.3, 0.4) is 0 Å². The number of hydrogen-bond donors (Lipinski definition) is 1. The van der Waals surface area contributed by atoms with Crippen molar-refractivity contribution >= 4 is 10.8 Å². The highest BCUT2D eigenvalue weighted by Gasteiger charge is 2.47. The summed E-state index contributed by atoms with van der Waals surface area (Å²) in [6, 6.07) is 18.8. The first kappa shape index (κ1) is 15.1. The van der Waals surface area contributed by atoms with Crippen molar-refractivity contribution in [1.29, 1.82) is 0 Å². The van der Waals surface area contributed by atoms with Gasteiger partial charge in [0.25, 0.3) is 0 Å². The third-order valence-corrected chi connectivity index (χ3v) is 7.40. The molecule has 0 aromatic heterocycles. The van der Waals surface area contributed by atoms with Crippen molar-refractivity contribution in [1.82, 2.24) is 0 Å². The first-order valence-electron chi connectivity index (χ1n) is 8.39. The molecule has 2 nitrogen and oxygen atoms in total. The average molecular weight is 326 g/mol. The fraction of sp³-hybridized carbons (Fsp3) is 0.400. The van der Waals surface area contributed by atoms with Crippen LogP contribution < -0.4 is 0 Å². The summed E-state index contributed by atoms with van der Waals surface area (Å²) in [7, 11) is -0.712. The molecule has 2 saturated heterocycles. The van der Waals surface area contributed by atoms with Crippen molar-refractivity contribution in [2.45, 2.75) is 48.2 Å². The summed E-state index contributed by atoms with van der Waals surface area (Å²) in [5.41, 5.74) is 2.91. The van der Waals surface area contributed by atoms with E-state index in [0.29, 0.717) is 19.3 Å².